The van der Waals surface area contributed by atoms with Gasteiger partial charge in [-0.15, -0.1) is 0 Å². The van der Waals surface area contributed by atoms with Gasteiger partial charge < -0.3 is 25.5 Å². The summed E-state index contributed by atoms with van der Waals surface area (Å²) in [7, 11) is 1.52. The van der Waals surface area contributed by atoms with Gasteiger partial charge in [0.2, 0.25) is 5.91 Å². The molecule has 2 aliphatic rings. The second-order valence-electron chi connectivity index (χ2n) is 9.88. The predicted octanol–water partition coefficient (Wildman–Crippen LogP) is 3.49. The molecule has 2 aromatic rings. The van der Waals surface area contributed by atoms with Gasteiger partial charge in [0.25, 0.3) is 11.8 Å². The quantitative estimate of drug-likeness (QED) is 0.619. The van der Waals surface area contributed by atoms with E-state index in [0.29, 0.717) is 31.7 Å². The number of piperazine rings is 1. The molecule has 2 aromatic carbocycles. The number of aromatic hydroxyl groups is 1. The molecule has 37 heavy (non-hydrogen) atoms. The molecule has 3 amide bonds. The van der Waals surface area contributed by atoms with Crippen LogP contribution in [0, 0.1) is 5.82 Å². The molecule has 0 radical (unpaired) electrons. The van der Waals surface area contributed by atoms with Crippen LogP contribution < -0.4 is 10.6 Å². The van der Waals surface area contributed by atoms with E-state index >= 15 is 0 Å². The van der Waals surface area contributed by atoms with Crippen molar-refractivity contribution in [3.63, 3.8) is 0 Å². The lowest BCUT2D eigenvalue weighted by molar-refractivity contribution is -0.118. The SMILES string of the molecule is CN(C(=O)CCN)c1cc(F)cc(C(=O)N2CCN(C(=O)c3ccc(O)c(C4CCCCC4)c3)CC2)c1. The lowest BCUT2D eigenvalue weighted by Crippen LogP contribution is -2.50. The van der Waals surface area contributed by atoms with Crippen molar-refractivity contribution in [3.8, 4) is 5.75 Å². The van der Waals surface area contributed by atoms with Gasteiger partial charge in [0.05, 0.1) is 0 Å². The number of anilines is 1. The molecule has 0 spiro atoms. The van der Waals surface area contributed by atoms with Crippen LogP contribution >= 0.6 is 0 Å². The number of hydrogen-bond donors (Lipinski definition) is 2. The van der Waals surface area contributed by atoms with E-state index in [2.05, 4.69) is 0 Å². The molecular weight excluding hydrogens is 475 g/mol. The molecule has 1 aliphatic carbocycles. The standard InChI is InChI=1S/C28H35FN4O4/c1-31(26(35)9-10-30)23-16-21(15-22(29)18-23)28(37)33-13-11-32(12-14-33)27(36)20-7-8-25(34)24(17-20)19-5-3-2-4-6-19/h7-8,15-19,34H,2-6,9-14,30H2,1H3. The Morgan fingerprint density at radius 1 is 0.946 bits per heavy atom. The van der Waals surface area contributed by atoms with Crippen LogP contribution in [0.25, 0.3) is 0 Å². The first kappa shape index (κ1) is 26.6. The van der Waals surface area contributed by atoms with E-state index in [9.17, 15) is 23.9 Å². The summed E-state index contributed by atoms with van der Waals surface area (Å²) in [5, 5.41) is 10.4. The van der Waals surface area contributed by atoms with E-state index in [1.165, 1.54) is 30.5 Å². The molecule has 3 N–H and O–H groups in total. The van der Waals surface area contributed by atoms with E-state index in [1.54, 1.807) is 21.9 Å². The predicted molar refractivity (Wildman–Crippen MR) is 139 cm³/mol. The van der Waals surface area contributed by atoms with Crippen LogP contribution in [0.5, 0.6) is 5.75 Å². The monoisotopic (exact) mass is 510 g/mol. The third-order valence-electron chi connectivity index (χ3n) is 7.42. The molecule has 0 aromatic heterocycles. The average molecular weight is 511 g/mol. The average Bonchev–Trinajstić information content (AvgIpc) is 2.92. The Hall–Kier alpha value is -3.46. The summed E-state index contributed by atoms with van der Waals surface area (Å²) < 4.78 is 14.3. The highest BCUT2D eigenvalue weighted by Gasteiger charge is 2.28. The maximum Gasteiger partial charge on any atom is 0.254 e. The Bertz CT molecular complexity index is 1160. The van der Waals surface area contributed by atoms with Gasteiger partial charge in [0.1, 0.15) is 11.6 Å². The van der Waals surface area contributed by atoms with Gasteiger partial charge in [-0.05, 0) is 60.7 Å². The number of benzene rings is 2. The van der Waals surface area contributed by atoms with Crippen LogP contribution in [0.2, 0.25) is 0 Å². The number of nitrogens with zero attached hydrogens (tertiary/aromatic N) is 3. The topological polar surface area (TPSA) is 107 Å². The van der Waals surface area contributed by atoms with E-state index in [0.717, 1.165) is 37.3 Å². The van der Waals surface area contributed by atoms with Gasteiger partial charge in [-0.1, -0.05) is 19.3 Å². The fourth-order valence-electron chi connectivity index (χ4n) is 5.23. The molecule has 198 valence electrons. The number of rotatable bonds is 6. The number of phenolic OH excluding ortho intramolecular Hbond substituents is 1. The molecule has 2 fully saturated rings. The van der Waals surface area contributed by atoms with Gasteiger partial charge in [-0.3, -0.25) is 14.4 Å². The smallest absolute Gasteiger partial charge is 0.254 e. The molecule has 0 bridgehead atoms. The van der Waals surface area contributed by atoms with E-state index < -0.39 is 5.82 Å². The molecule has 8 nitrogen and oxygen atoms in total. The normalized spacial score (nSPS) is 16.5. The molecule has 0 atom stereocenters. The summed E-state index contributed by atoms with van der Waals surface area (Å²) in [5.41, 5.74) is 7.27. The van der Waals surface area contributed by atoms with Gasteiger partial charge in [0.15, 0.2) is 0 Å². The van der Waals surface area contributed by atoms with E-state index in [1.807, 2.05) is 6.07 Å². The van der Waals surface area contributed by atoms with Crippen LogP contribution in [-0.4, -0.2) is 72.4 Å². The first-order valence-corrected chi connectivity index (χ1v) is 13.0. The van der Waals surface area contributed by atoms with Gasteiger partial charge >= 0.3 is 0 Å². The second kappa shape index (κ2) is 11.7. The lowest BCUT2D eigenvalue weighted by atomic mass is 9.83. The molecule has 1 heterocycles. The summed E-state index contributed by atoms with van der Waals surface area (Å²) in [6, 6.07) is 8.95. The highest BCUT2D eigenvalue weighted by atomic mass is 19.1. The van der Waals surface area contributed by atoms with Gasteiger partial charge in [-0.25, -0.2) is 4.39 Å². The van der Waals surface area contributed by atoms with Gasteiger partial charge in [-0.2, -0.15) is 0 Å². The third-order valence-corrected chi connectivity index (χ3v) is 7.42. The first-order chi connectivity index (χ1) is 17.8. The second-order valence-corrected chi connectivity index (χ2v) is 9.88. The summed E-state index contributed by atoms with van der Waals surface area (Å²) in [4.78, 5) is 43.1. The zero-order valence-electron chi connectivity index (χ0n) is 21.3. The number of amides is 3. The number of nitrogens with two attached hydrogens (primary N) is 1. The number of phenols is 1. The Kier molecular flexibility index (Phi) is 8.43. The van der Waals surface area contributed by atoms with Crippen molar-refractivity contribution in [2.24, 2.45) is 5.73 Å². The molecule has 9 heteroatoms. The van der Waals surface area contributed by atoms with Crippen LogP contribution in [0.3, 0.4) is 0 Å². The molecule has 1 saturated heterocycles. The lowest BCUT2D eigenvalue weighted by Gasteiger charge is -2.35. The molecule has 1 saturated carbocycles. The summed E-state index contributed by atoms with van der Waals surface area (Å²) in [6.45, 7) is 1.50. The van der Waals surface area contributed by atoms with Crippen molar-refractivity contribution in [3.05, 3.63) is 58.9 Å². The fraction of sp³-hybridized carbons (Fsp3) is 0.464. The molecule has 0 unspecified atom stereocenters. The number of halogens is 1. The largest absolute Gasteiger partial charge is 0.508 e. The summed E-state index contributed by atoms with van der Waals surface area (Å²) in [5.74, 6) is -0.836. The maximum absolute atomic E-state index is 14.3. The van der Waals surface area contributed by atoms with Crippen molar-refractivity contribution in [2.45, 2.75) is 44.4 Å². The fourth-order valence-corrected chi connectivity index (χ4v) is 5.23. The number of carbonyl (C=O) groups excluding carboxylic acids is 3. The summed E-state index contributed by atoms with van der Waals surface area (Å²) in [6.07, 6.45) is 5.63. The Labute approximate surface area is 216 Å². The zero-order chi connectivity index (χ0) is 26.5. The van der Waals surface area contributed by atoms with Crippen molar-refractivity contribution in [2.75, 3.05) is 44.7 Å². The van der Waals surface area contributed by atoms with Crippen molar-refractivity contribution >= 4 is 23.4 Å². The van der Waals surface area contributed by atoms with E-state index in [-0.39, 0.29) is 53.6 Å². The Morgan fingerprint density at radius 2 is 1.57 bits per heavy atom. The van der Waals surface area contributed by atoms with Gasteiger partial charge in [0, 0.05) is 63.0 Å². The van der Waals surface area contributed by atoms with Crippen LogP contribution in [-0.2, 0) is 4.79 Å². The van der Waals surface area contributed by atoms with Crippen LogP contribution in [0.15, 0.2) is 36.4 Å². The van der Waals surface area contributed by atoms with Crippen LogP contribution in [0.1, 0.15) is 70.7 Å². The zero-order valence-corrected chi connectivity index (χ0v) is 21.3. The van der Waals surface area contributed by atoms with Crippen molar-refractivity contribution in [1.82, 2.24) is 9.80 Å². The number of carbonyl (C=O) groups is 3. The van der Waals surface area contributed by atoms with Crippen molar-refractivity contribution in [1.29, 1.82) is 0 Å². The third kappa shape index (κ3) is 6.10. The molecule has 1 aliphatic heterocycles. The number of hydrogen-bond acceptors (Lipinski definition) is 5. The molecular formula is C28H35FN4O4. The summed E-state index contributed by atoms with van der Waals surface area (Å²) >= 11 is 0. The highest BCUT2D eigenvalue weighted by molar-refractivity contribution is 5.98. The minimum absolute atomic E-state index is 0.120. The first-order valence-electron chi connectivity index (χ1n) is 13.0. The van der Waals surface area contributed by atoms with Crippen molar-refractivity contribution < 1.29 is 23.9 Å². The molecule has 4 rings (SSSR count). The Morgan fingerprint density at radius 3 is 2.19 bits per heavy atom. The van der Waals surface area contributed by atoms with E-state index in [4.69, 9.17) is 5.73 Å². The minimum atomic E-state index is -0.608. The maximum atomic E-state index is 14.3. The highest BCUT2D eigenvalue weighted by Crippen LogP contribution is 2.37. The Balaban J connectivity index is 1.41. The minimum Gasteiger partial charge on any atom is -0.508 e. The van der Waals surface area contributed by atoms with Crippen LogP contribution in [0.4, 0.5) is 10.1 Å².